The number of Topliss-reactive ketones (excluding diaryl/α,β-unsaturated/α-hetero) is 1. The number of carbonyl (C=O) groups excluding carboxylic acids is 4. The van der Waals surface area contributed by atoms with Gasteiger partial charge in [-0.05, 0) is 56.1 Å². The van der Waals surface area contributed by atoms with Gasteiger partial charge in [0.15, 0.2) is 5.78 Å². The summed E-state index contributed by atoms with van der Waals surface area (Å²) in [5.74, 6) is -0.193. The van der Waals surface area contributed by atoms with Gasteiger partial charge in [-0.1, -0.05) is 24.3 Å². The Morgan fingerprint density at radius 1 is 1.07 bits per heavy atom. The number of anilines is 1. The van der Waals surface area contributed by atoms with Crippen molar-refractivity contribution >= 4 is 29.2 Å². The zero-order valence-corrected chi connectivity index (χ0v) is 15.8. The number of hydrogen-bond donors (Lipinski definition) is 1. The summed E-state index contributed by atoms with van der Waals surface area (Å²) in [5, 5.41) is 2.74. The molecule has 144 valence electrons. The molecule has 0 radical (unpaired) electrons. The number of allylic oxidation sites excluding steroid dienone is 2. The molecule has 1 heterocycles. The summed E-state index contributed by atoms with van der Waals surface area (Å²) in [5.41, 5.74) is 0.968. The average Bonchev–Trinajstić information content (AvgIpc) is 3.45. The average molecular weight is 378 g/mol. The Balaban J connectivity index is 1.36. The Morgan fingerprint density at radius 2 is 1.68 bits per heavy atom. The molecule has 1 aromatic rings. The number of rotatable bonds is 4. The van der Waals surface area contributed by atoms with Crippen molar-refractivity contribution in [3.8, 4) is 0 Å². The molecule has 5 aliphatic rings. The third-order valence-electron chi connectivity index (χ3n) is 7.00. The highest BCUT2D eigenvalue weighted by atomic mass is 16.2. The van der Waals surface area contributed by atoms with Crippen LogP contribution in [0.3, 0.4) is 0 Å². The van der Waals surface area contributed by atoms with Crippen LogP contribution in [0.1, 0.15) is 30.6 Å². The maximum Gasteiger partial charge on any atom is 0.247 e. The number of hydrogen-bond acceptors (Lipinski definition) is 4. The van der Waals surface area contributed by atoms with Gasteiger partial charge in [-0.3, -0.25) is 24.1 Å². The summed E-state index contributed by atoms with van der Waals surface area (Å²) in [7, 11) is 0. The number of amides is 3. The van der Waals surface area contributed by atoms with E-state index in [1.54, 1.807) is 31.2 Å². The molecule has 6 nitrogen and oxygen atoms in total. The first-order valence-corrected chi connectivity index (χ1v) is 9.85. The Labute approximate surface area is 163 Å². The van der Waals surface area contributed by atoms with Gasteiger partial charge in [0, 0.05) is 11.3 Å². The lowest BCUT2D eigenvalue weighted by Crippen LogP contribution is -2.46. The number of nitrogens with zero attached hydrogens (tertiary/aromatic N) is 1. The van der Waals surface area contributed by atoms with Gasteiger partial charge in [-0.15, -0.1) is 0 Å². The summed E-state index contributed by atoms with van der Waals surface area (Å²) >= 11 is 0. The van der Waals surface area contributed by atoms with E-state index in [0.29, 0.717) is 23.1 Å². The van der Waals surface area contributed by atoms with Crippen LogP contribution in [0.4, 0.5) is 5.69 Å². The summed E-state index contributed by atoms with van der Waals surface area (Å²) in [4.78, 5) is 51.7. The van der Waals surface area contributed by atoms with Crippen molar-refractivity contribution in [2.75, 3.05) is 5.32 Å². The standard InChI is InChI=1S/C22H22N2O4/c1-10(20(26)23-13-5-3-4-12(8-13)11(2)25)24-21(27)18-14-6-7-15(17-9-16(14)17)19(18)22(24)28/h3-8,10,14-19H,9H2,1-2H3,(H,23,26)/t10-,14-,15-,16-,17-,18+,19+/m0/s1. The SMILES string of the molecule is CC(=O)c1cccc(NC(=O)[C@H](C)N2C(=O)[C@@H]3[C@H]4C=C[C@@H]([C@@H]5C[C@@H]45)[C@H]3C2=O)c1. The second-order valence-electron chi connectivity index (χ2n) is 8.50. The van der Waals surface area contributed by atoms with E-state index in [2.05, 4.69) is 17.5 Å². The van der Waals surface area contributed by atoms with Crippen LogP contribution in [-0.4, -0.2) is 34.4 Å². The van der Waals surface area contributed by atoms with Gasteiger partial charge in [0.25, 0.3) is 0 Å². The summed E-state index contributed by atoms with van der Waals surface area (Å²) in [6.45, 7) is 3.05. The molecular formula is C22H22N2O4. The molecule has 6 heteroatoms. The Kier molecular flexibility index (Phi) is 3.63. The van der Waals surface area contributed by atoms with Crippen molar-refractivity contribution in [3.63, 3.8) is 0 Å². The van der Waals surface area contributed by atoms with Gasteiger partial charge in [-0.25, -0.2) is 0 Å². The second-order valence-corrected chi connectivity index (χ2v) is 8.50. The van der Waals surface area contributed by atoms with Gasteiger partial charge in [0.05, 0.1) is 11.8 Å². The van der Waals surface area contributed by atoms with Crippen LogP contribution in [0.15, 0.2) is 36.4 Å². The molecule has 3 amide bonds. The molecule has 1 saturated heterocycles. The lowest BCUT2D eigenvalue weighted by Gasteiger charge is -2.37. The highest BCUT2D eigenvalue weighted by molar-refractivity contribution is 6.10. The number of carbonyl (C=O) groups is 4. The van der Waals surface area contributed by atoms with Crippen molar-refractivity contribution < 1.29 is 19.2 Å². The summed E-state index contributed by atoms with van der Waals surface area (Å²) in [6.07, 6.45) is 5.35. The maximum atomic E-state index is 13.1. The molecule has 1 N–H and O–H groups in total. The summed E-state index contributed by atoms with van der Waals surface area (Å²) < 4.78 is 0. The van der Waals surface area contributed by atoms with Crippen LogP contribution in [-0.2, 0) is 14.4 Å². The molecule has 7 atom stereocenters. The van der Waals surface area contributed by atoms with Gasteiger partial charge in [0.1, 0.15) is 6.04 Å². The Morgan fingerprint density at radius 3 is 2.25 bits per heavy atom. The normalized spacial score (nSPS) is 35.4. The number of nitrogens with one attached hydrogen (secondary N) is 1. The molecule has 6 rings (SSSR count). The van der Waals surface area contributed by atoms with E-state index < -0.39 is 11.9 Å². The van der Waals surface area contributed by atoms with E-state index in [1.165, 1.54) is 11.8 Å². The zero-order valence-electron chi connectivity index (χ0n) is 15.8. The first-order chi connectivity index (χ1) is 13.4. The van der Waals surface area contributed by atoms with Gasteiger partial charge in [-0.2, -0.15) is 0 Å². The molecule has 2 saturated carbocycles. The number of ketones is 1. The Hall–Kier alpha value is -2.76. The Bertz CT molecular complexity index is 916. The quantitative estimate of drug-likeness (QED) is 0.495. The third-order valence-corrected chi connectivity index (χ3v) is 7.00. The van der Waals surface area contributed by atoms with E-state index >= 15 is 0 Å². The maximum absolute atomic E-state index is 13.1. The van der Waals surface area contributed by atoms with Gasteiger partial charge < -0.3 is 5.32 Å². The minimum absolute atomic E-state index is 0.0975. The number of benzene rings is 1. The van der Waals surface area contributed by atoms with Gasteiger partial charge >= 0.3 is 0 Å². The minimum Gasteiger partial charge on any atom is -0.324 e. The van der Waals surface area contributed by atoms with E-state index in [0.717, 1.165) is 6.42 Å². The van der Waals surface area contributed by atoms with Gasteiger partial charge in [0.2, 0.25) is 17.7 Å². The highest BCUT2D eigenvalue weighted by Crippen LogP contribution is 2.65. The predicted octanol–water partition coefficient (Wildman–Crippen LogP) is 2.27. The van der Waals surface area contributed by atoms with Crippen LogP contribution in [0.25, 0.3) is 0 Å². The lowest BCUT2D eigenvalue weighted by atomic mass is 9.63. The summed E-state index contributed by atoms with van der Waals surface area (Å²) in [6, 6.07) is 5.75. The molecule has 0 aromatic heterocycles. The smallest absolute Gasteiger partial charge is 0.247 e. The minimum atomic E-state index is -0.887. The van der Waals surface area contributed by atoms with Crippen molar-refractivity contribution in [2.45, 2.75) is 26.3 Å². The number of likely N-dealkylation sites (tertiary alicyclic amines) is 1. The van der Waals surface area contributed by atoms with Crippen LogP contribution >= 0.6 is 0 Å². The van der Waals surface area contributed by atoms with Crippen LogP contribution in [0.5, 0.6) is 0 Å². The molecule has 0 unspecified atom stereocenters. The molecule has 2 bridgehead atoms. The fourth-order valence-electron chi connectivity index (χ4n) is 5.54. The van der Waals surface area contributed by atoms with Crippen molar-refractivity contribution in [1.82, 2.24) is 4.90 Å². The largest absolute Gasteiger partial charge is 0.324 e. The molecular weight excluding hydrogens is 356 g/mol. The first kappa shape index (κ1) is 17.3. The fraction of sp³-hybridized carbons (Fsp3) is 0.455. The molecule has 4 aliphatic carbocycles. The molecule has 0 spiro atoms. The van der Waals surface area contributed by atoms with Crippen molar-refractivity contribution in [1.29, 1.82) is 0 Å². The monoisotopic (exact) mass is 378 g/mol. The van der Waals surface area contributed by atoms with E-state index in [4.69, 9.17) is 0 Å². The van der Waals surface area contributed by atoms with Crippen LogP contribution < -0.4 is 5.32 Å². The van der Waals surface area contributed by atoms with E-state index in [1.807, 2.05) is 0 Å². The topological polar surface area (TPSA) is 83.6 Å². The molecule has 28 heavy (non-hydrogen) atoms. The third kappa shape index (κ3) is 2.33. The molecule has 1 aromatic carbocycles. The number of imide groups is 1. The second kappa shape index (κ2) is 5.87. The first-order valence-electron chi connectivity index (χ1n) is 9.85. The lowest BCUT2D eigenvalue weighted by molar-refractivity contribution is -0.146. The zero-order chi connectivity index (χ0) is 19.7. The van der Waals surface area contributed by atoms with E-state index in [-0.39, 0.29) is 41.3 Å². The molecule has 3 fully saturated rings. The fourth-order valence-corrected chi connectivity index (χ4v) is 5.54. The predicted molar refractivity (Wildman–Crippen MR) is 101 cm³/mol. The van der Waals surface area contributed by atoms with Crippen LogP contribution in [0.2, 0.25) is 0 Å². The van der Waals surface area contributed by atoms with E-state index in [9.17, 15) is 19.2 Å². The van der Waals surface area contributed by atoms with Crippen LogP contribution in [0, 0.1) is 35.5 Å². The molecule has 1 aliphatic heterocycles. The van der Waals surface area contributed by atoms with Crippen molar-refractivity contribution in [2.24, 2.45) is 35.5 Å². The van der Waals surface area contributed by atoms with Crippen molar-refractivity contribution in [3.05, 3.63) is 42.0 Å². The highest BCUT2D eigenvalue weighted by Gasteiger charge is 2.67.